The SMILES string of the molecule is C=Cc1c(F)c(F)c(F)c(C)c1CC. The van der Waals surface area contributed by atoms with Crippen molar-refractivity contribution in [2.45, 2.75) is 20.3 Å². The van der Waals surface area contributed by atoms with Crippen molar-refractivity contribution in [3.8, 4) is 0 Å². The average molecular weight is 200 g/mol. The molecule has 1 aromatic carbocycles. The molecule has 0 unspecified atom stereocenters. The summed E-state index contributed by atoms with van der Waals surface area (Å²) in [5.74, 6) is -3.68. The van der Waals surface area contributed by atoms with E-state index in [2.05, 4.69) is 6.58 Å². The van der Waals surface area contributed by atoms with Gasteiger partial charge >= 0.3 is 0 Å². The van der Waals surface area contributed by atoms with Crippen LogP contribution in [0.3, 0.4) is 0 Å². The minimum Gasteiger partial charge on any atom is -0.203 e. The lowest BCUT2D eigenvalue weighted by Crippen LogP contribution is -2.04. The summed E-state index contributed by atoms with van der Waals surface area (Å²) in [6.45, 7) is 6.57. The molecule has 0 aliphatic heterocycles. The van der Waals surface area contributed by atoms with E-state index in [1.54, 1.807) is 6.92 Å². The summed E-state index contributed by atoms with van der Waals surface area (Å²) in [5, 5.41) is 0. The van der Waals surface area contributed by atoms with Crippen LogP contribution in [0.2, 0.25) is 0 Å². The van der Waals surface area contributed by atoms with Gasteiger partial charge in [0, 0.05) is 5.56 Å². The zero-order chi connectivity index (χ0) is 10.9. The lowest BCUT2D eigenvalue weighted by molar-refractivity contribution is 0.440. The third-order valence-corrected chi connectivity index (χ3v) is 2.29. The van der Waals surface area contributed by atoms with Gasteiger partial charge in [0.05, 0.1) is 0 Å². The fraction of sp³-hybridized carbons (Fsp3) is 0.273. The number of hydrogen-bond acceptors (Lipinski definition) is 0. The molecular weight excluding hydrogens is 189 g/mol. The molecule has 0 saturated heterocycles. The number of hydrogen-bond donors (Lipinski definition) is 0. The van der Waals surface area contributed by atoms with E-state index in [0.717, 1.165) is 0 Å². The van der Waals surface area contributed by atoms with Gasteiger partial charge in [-0.15, -0.1) is 0 Å². The van der Waals surface area contributed by atoms with Crippen molar-refractivity contribution in [2.75, 3.05) is 0 Å². The van der Waals surface area contributed by atoms with Crippen LogP contribution in [0.15, 0.2) is 6.58 Å². The van der Waals surface area contributed by atoms with Crippen LogP contribution in [0.25, 0.3) is 6.08 Å². The molecule has 0 heterocycles. The zero-order valence-electron chi connectivity index (χ0n) is 8.13. The largest absolute Gasteiger partial charge is 0.203 e. The Hall–Kier alpha value is -1.25. The second-order valence-electron chi connectivity index (χ2n) is 3.02. The highest BCUT2D eigenvalue weighted by Gasteiger charge is 2.19. The van der Waals surface area contributed by atoms with Crippen molar-refractivity contribution in [1.82, 2.24) is 0 Å². The predicted octanol–water partition coefficient (Wildman–Crippen LogP) is 3.62. The third-order valence-electron chi connectivity index (χ3n) is 2.29. The van der Waals surface area contributed by atoms with Crippen molar-refractivity contribution in [2.24, 2.45) is 0 Å². The molecule has 0 nitrogen and oxygen atoms in total. The Bertz CT molecular complexity index is 381. The Labute approximate surface area is 81.1 Å². The Morgan fingerprint density at radius 2 is 1.71 bits per heavy atom. The lowest BCUT2D eigenvalue weighted by atomic mass is 9.98. The molecule has 0 N–H and O–H groups in total. The van der Waals surface area contributed by atoms with E-state index in [1.807, 2.05) is 0 Å². The highest BCUT2D eigenvalue weighted by atomic mass is 19.2. The monoisotopic (exact) mass is 200 g/mol. The molecule has 0 aromatic heterocycles. The van der Waals surface area contributed by atoms with Crippen molar-refractivity contribution >= 4 is 6.08 Å². The van der Waals surface area contributed by atoms with Crippen molar-refractivity contribution in [3.63, 3.8) is 0 Å². The van der Waals surface area contributed by atoms with Crippen LogP contribution in [-0.4, -0.2) is 0 Å². The molecule has 0 atom stereocenters. The molecule has 1 rings (SSSR count). The van der Waals surface area contributed by atoms with Crippen molar-refractivity contribution in [3.05, 3.63) is 40.7 Å². The summed E-state index contributed by atoms with van der Waals surface area (Å²) in [6.07, 6.45) is 1.66. The van der Waals surface area contributed by atoms with Crippen LogP contribution in [0.5, 0.6) is 0 Å². The molecule has 0 spiro atoms. The predicted molar refractivity (Wildman–Crippen MR) is 50.5 cm³/mol. The Kier molecular flexibility index (Phi) is 2.99. The average Bonchev–Trinajstić information content (AvgIpc) is 2.20. The molecule has 0 aliphatic rings. The van der Waals surface area contributed by atoms with Crippen LogP contribution >= 0.6 is 0 Å². The Morgan fingerprint density at radius 1 is 1.14 bits per heavy atom. The van der Waals surface area contributed by atoms with E-state index in [-0.39, 0.29) is 11.1 Å². The number of halogens is 3. The highest BCUT2D eigenvalue weighted by Crippen LogP contribution is 2.25. The standard InChI is InChI=1S/C11H11F3/c1-4-7-6(3)9(12)11(14)10(13)8(7)5-2/h5H,2,4H2,1,3H3. The molecule has 0 aliphatic carbocycles. The summed E-state index contributed by atoms with van der Waals surface area (Å²) < 4.78 is 39.3. The van der Waals surface area contributed by atoms with E-state index < -0.39 is 17.5 Å². The van der Waals surface area contributed by atoms with Crippen molar-refractivity contribution in [1.29, 1.82) is 0 Å². The molecule has 3 heteroatoms. The summed E-state index contributed by atoms with van der Waals surface area (Å²) in [5.41, 5.74) is 0.682. The maximum Gasteiger partial charge on any atom is 0.195 e. The Balaban J connectivity index is 3.65. The fourth-order valence-electron chi connectivity index (χ4n) is 1.51. The molecule has 0 fully saturated rings. The van der Waals surface area contributed by atoms with Gasteiger partial charge in [-0.1, -0.05) is 19.6 Å². The summed E-state index contributed by atoms with van der Waals surface area (Å²) in [7, 11) is 0. The molecule has 0 amide bonds. The summed E-state index contributed by atoms with van der Waals surface area (Å²) >= 11 is 0. The topological polar surface area (TPSA) is 0 Å². The van der Waals surface area contributed by atoms with E-state index >= 15 is 0 Å². The first-order valence-electron chi connectivity index (χ1n) is 4.32. The highest BCUT2D eigenvalue weighted by molar-refractivity contribution is 5.55. The molecule has 14 heavy (non-hydrogen) atoms. The van der Waals surface area contributed by atoms with E-state index in [9.17, 15) is 13.2 Å². The quantitative estimate of drug-likeness (QED) is 0.639. The van der Waals surface area contributed by atoms with E-state index in [4.69, 9.17) is 0 Å². The van der Waals surface area contributed by atoms with Gasteiger partial charge in [-0.2, -0.15) is 0 Å². The van der Waals surface area contributed by atoms with Crippen LogP contribution < -0.4 is 0 Å². The second kappa shape index (κ2) is 3.86. The zero-order valence-corrected chi connectivity index (χ0v) is 8.13. The van der Waals surface area contributed by atoms with Gasteiger partial charge in [0.2, 0.25) is 0 Å². The van der Waals surface area contributed by atoms with Gasteiger partial charge in [0.25, 0.3) is 0 Å². The van der Waals surface area contributed by atoms with Crippen LogP contribution in [-0.2, 0) is 6.42 Å². The van der Waals surface area contributed by atoms with E-state index in [1.165, 1.54) is 13.0 Å². The fourth-order valence-corrected chi connectivity index (χ4v) is 1.51. The minimum absolute atomic E-state index is 0.0592. The molecule has 0 saturated carbocycles. The van der Waals surface area contributed by atoms with Gasteiger partial charge in [-0.25, -0.2) is 13.2 Å². The maximum absolute atomic E-state index is 13.2. The van der Waals surface area contributed by atoms with Gasteiger partial charge < -0.3 is 0 Å². The van der Waals surface area contributed by atoms with Crippen LogP contribution in [0.4, 0.5) is 13.2 Å². The smallest absolute Gasteiger partial charge is 0.195 e. The normalized spacial score (nSPS) is 10.4. The molecule has 0 radical (unpaired) electrons. The molecular formula is C11H11F3. The Morgan fingerprint density at radius 3 is 2.14 bits per heavy atom. The van der Waals surface area contributed by atoms with Gasteiger partial charge in [-0.05, 0) is 24.5 Å². The van der Waals surface area contributed by atoms with Crippen LogP contribution in [0.1, 0.15) is 23.6 Å². The molecule has 1 aromatic rings. The summed E-state index contributed by atoms with van der Waals surface area (Å²) in [4.78, 5) is 0. The third kappa shape index (κ3) is 1.43. The first-order valence-corrected chi connectivity index (χ1v) is 4.32. The van der Waals surface area contributed by atoms with Crippen LogP contribution in [0, 0.1) is 24.4 Å². The number of benzene rings is 1. The van der Waals surface area contributed by atoms with Crippen molar-refractivity contribution < 1.29 is 13.2 Å². The van der Waals surface area contributed by atoms with E-state index in [0.29, 0.717) is 12.0 Å². The minimum atomic E-state index is -1.42. The lowest BCUT2D eigenvalue weighted by Gasteiger charge is -2.11. The second-order valence-corrected chi connectivity index (χ2v) is 3.02. The first-order chi connectivity index (χ1) is 6.54. The summed E-state index contributed by atoms with van der Waals surface area (Å²) in [6, 6.07) is 0. The maximum atomic E-state index is 13.2. The first kappa shape index (κ1) is 10.8. The number of rotatable bonds is 2. The molecule has 0 bridgehead atoms. The van der Waals surface area contributed by atoms with Gasteiger partial charge in [0.1, 0.15) is 0 Å². The van der Waals surface area contributed by atoms with Gasteiger partial charge in [-0.3, -0.25) is 0 Å². The molecule has 76 valence electrons. The van der Waals surface area contributed by atoms with Gasteiger partial charge in [0.15, 0.2) is 17.5 Å².